The van der Waals surface area contributed by atoms with Crippen molar-refractivity contribution in [1.82, 2.24) is 4.90 Å². The highest BCUT2D eigenvalue weighted by atomic mass is 16.5. The number of amides is 2. The van der Waals surface area contributed by atoms with Gasteiger partial charge in [-0.1, -0.05) is 43.3 Å². The minimum atomic E-state index is -0.520. The van der Waals surface area contributed by atoms with Crippen LogP contribution >= 0.6 is 0 Å². The topological polar surface area (TPSA) is 67.9 Å². The largest absolute Gasteiger partial charge is 0.497 e. The number of fused-ring (bicyclic) bond motifs is 2. The van der Waals surface area contributed by atoms with Gasteiger partial charge in [-0.05, 0) is 72.7 Å². The van der Waals surface area contributed by atoms with Crippen LogP contribution in [0, 0.1) is 0 Å². The van der Waals surface area contributed by atoms with Gasteiger partial charge in [0, 0.05) is 11.3 Å². The molecule has 1 aliphatic carbocycles. The molecule has 1 N–H and O–H groups in total. The lowest BCUT2D eigenvalue weighted by molar-refractivity contribution is -0.141. The van der Waals surface area contributed by atoms with E-state index in [1.807, 2.05) is 54.3 Å². The first kappa shape index (κ1) is 23.9. The lowest BCUT2D eigenvalue weighted by Gasteiger charge is -2.36. The number of carbonyl (C=O) groups is 2. The number of ether oxygens (including phenoxy) is 2. The van der Waals surface area contributed by atoms with Crippen molar-refractivity contribution in [3.05, 3.63) is 89.0 Å². The average molecular weight is 485 g/mol. The number of nitrogens with one attached hydrogen (secondary N) is 1. The third kappa shape index (κ3) is 4.94. The first-order valence-electron chi connectivity index (χ1n) is 12.7. The second-order valence-electron chi connectivity index (χ2n) is 9.49. The Morgan fingerprint density at radius 2 is 1.94 bits per heavy atom. The van der Waals surface area contributed by atoms with E-state index in [0.29, 0.717) is 24.4 Å². The molecular weight excluding hydrogens is 452 g/mol. The third-order valence-corrected chi connectivity index (χ3v) is 7.10. The standard InChI is InChI=1S/C30H32N2O4/c1-3-27-30(34)32(26-13-7-10-21-9-4-5-12-25(21)26)19-22-18-23(14-15-28(22)36-27)31-29(33)17-20-8-6-11-24(16-20)35-2/h4-6,8-9,11-12,14-16,18,26-27H,3,7,10,13,17,19H2,1-2H3,(H,31,33)/t26-,27-/m0/s1. The van der Waals surface area contributed by atoms with E-state index >= 15 is 0 Å². The normalized spacial score (nSPS) is 18.9. The second kappa shape index (κ2) is 10.4. The number of anilines is 1. The lowest BCUT2D eigenvalue weighted by atomic mass is 9.86. The Kier molecular flexibility index (Phi) is 6.94. The van der Waals surface area contributed by atoms with Crippen LogP contribution in [0.4, 0.5) is 5.69 Å². The maximum atomic E-state index is 13.6. The Bertz CT molecular complexity index is 1270. The van der Waals surface area contributed by atoms with E-state index in [9.17, 15) is 9.59 Å². The number of rotatable bonds is 6. The van der Waals surface area contributed by atoms with Crippen LogP contribution in [0.15, 0.2) is 66.7 Å². The van der Waals surface area contributed by atoms with Gasteiger partial charge in [0.15, 0.2) is 6.10 Å². The molecule has 0 aromatic heterocycles. The molecule has 0 spiro atoms. The van der Waals surface area contributed by atoms with Gasteiger partial charge in [-0.2, -0.15) is 0 Å². The molecule has 0 saturated carbocycles. The van der Waals surface area contributed by atoms with Gasteiger partial charge in [-0.25, -0.2) is 0 Å². The van der Waals surface area contributed by atoms with E-state index in [0.717, 1.165) is 36.1 Å². The van der Waals surface area contributed by atoms with Crippen molar-refractivity contribution in [2.24, 2.45) is 0 Å². The Balaban J connectivity index is 1.39. The fraction of sp³-hybridized carbons (Fsp3) is 0.333. The van der Waals surface area contributed by atoms with Gasteiger partial charge in [0.05, 0.1) is 26.1 Å². The molecule has 0 saturated heterocycles. The predicted octanol–water partition coefficient (Wildman–Crippen LogP) is 5.45. The number of hydrogen-bond donors (Lipinski definition) is 1. The fourth-order valence-electron chi connectivity index (χ4n) is 5.29. The minimum Gasteiger partial charge on any atom is -0.497 e. The lowest BCUT2D eigenvalue weighted by Crippen LogP contribution is -2.42. The van der Waals surface area contributed by atoms with Crippen LogP contribution in [0.25, 0.3) is 0 Å². The highest BCUT2D eigenvalue weighted by Crippen LogP contribution is 2.39. The minimum absolute atomic E-state index is 0.0253. The van der Waals surface area contributed by atoms with E-state index in [4.69, 9.17) is 9.47 Å². The van der Waals surface area contributed by atoms with Crippen LogP contribution in [-0.2, 0) is 29.0 Å². The zero-order chi connectivity index (χ0) is 25.1. The summed E-state index contributed by atoms with van der Waals surface area (Å²) in [5, 5.41) is 3.01. The number of nitrogens with zero attached hydrogens (tertiary/aromatic N) is 1. The van der Waals surface area contributed by atoms with Gasteiger partial charge in [-0.3, -0.25) is 9.59 Å². The summed E-state index contributed by atoms with van der Waals surface area (Å²) < 4.78 is 11.5. The fourth-order valence-corrected chi connectivity index (χ4v) is 5.29. The Hall–Kier alpha value is -3.80. The Labute approximate surface area is 212 Å². The smallest absolute Gasteiger partial charge is 0.264 e. The van der Waals surface area contributed by atoms with Crippen molar-refractivity contribution in [1.29, 1.82) is 0 Å². The van der Waals surface area contributed by atoms with Crippen LogP contribution in [0.2, 0.25) is 0 Å². The molecule has 0 bridgehead atoms. The van der Waals surface area contributed by atoms with Gasteiger partial charge in [0.2, 0.25) is 5.91 Å². The molecule has 186 valence electrons. The quantitative estimate of drug-likeness (QED) is 0.505. The maximum Gasteiger partial charge on any atom is 0.264 e. The molecule has 3 aromatic carbocycles. The molecule has 6 nitrogen and oxygen atoms in total. The van der Waals surface area contributed by atoms with Crippen LogP contribution < -0.4 is 14.8 Å². The summed E-state index contributed by atoms with van der Waals surface area (Å²) in [5.74, 6) is 1.34. The van der Waals surface area contributed by atoms with Crippen molar-refractivity contribution in [3.63, 3.8) is 0 Å². The number of hydrogen-bond acceptors (Lipinski definition) is 4. The average Bonchev–Trinajstić information content (AvgIpc) is 3.04. The van der Waals surface area contributed by atoms with Gasteiger partial charge < -0.3 is 19.7 Å². The molecule has 0 unspecified atom stereocenters. The molecule has 0 radical (unpaired) electrons. The first-order chi connectivity index (χ1) is 17.6. The number of carbonyl (C=O) groups excluding carboxylic acids is 2. The third-order valence-electron chi connectivity index (χ3n) is 7.10. The van der Waals surface area contributed by atoms with Gasteiger partial charge in [-0.15, -0.1) is 0 Å². The zero-order valence-electron chi connectivity index (χ0n) is 20.8. The summed E-state index contributed by atoms with van der Waals surface area (Å²) in [6, 6.07) is 21.6. The SMILES string of the molecule is CC[C@@H]1Oc2ccc(NC(=O)Cc3cccc(OC)c3)cc2CN([C@H]2CCCc3ccccc32)C1=O. The summed E-state index contributed by atoms with van der Waals surface area (Å²) in [4.78, 5) is 28.3. The van der Waals surface area contributed by atoms with Gasteiger partial charge in [0.25, 0.3) is 5.91 Å². The summed E-state index contributed by atoms with van der Waals surface area (Å²) in [7, 11) is 1.61. The van der Waals surface area contributed by atoms with Crippen molar-refractivity contribution in [2.75, 3.05) is 12.4 Å². The van der Waals surface area contributed by atoms with Crippen molar-refractivity contribution in [3.8, 4) is 11.5 Å². The summed E-state index contributed by atoms with van der Waals surface area (Å²) in [5.41, 5.74) is 5.03. The number of benzene rings is 3. The molecule has 1 heterocycles. The zero-order valence-corrected chi connectivity index (χ0v) is 20.8. The molecule has 3 aromatic rings. The van der Waals surface area contributed by atoms with Gasteiger partial charge >= 0.3 is 0 Å². The molecule has 2 atom stereocenters. The van der Waals surface area contributed by atoms with E-state index in [1.165, 1.54) is 11.1 Å². The van der Waals surface area contributed by atoms with E-state index in [2.05, 4.69) is 29.6 Å². The highest BCUT2D eigenvalue weighted by molar-refractivity contribution is 5.92. The molecule has 0 fully saturated rings. The monoisotopic (exact) mass is 484 g/mol. The Morgan fingerprint density at radius 1 is 1.08 bits per heavy atom. The second-order valence-corrected chi connectivity index (χ2v) is 9.49. The van der Waals surface area contributed by atoms with E-state index < -0.39 is 6.10 Å². The maximum absolute atomic E-state index is 13.6. The first-order valence-corrected chi connectivity index (χ1v) is 12.7. The highest BCUT2D eigenvalue weighted by Gasteiger charge is 2.36. The van der Waals surface area contributed by atoms with E-state index in [-0.39, 0.29) is 24.3 Å². The molecule has 1 aliphatic heterocycles. The van der Waals surface area contributed by atoms with Crippen molar-refractivity contribution < 1.29 is 19.1 Å². The van der Waals surface area contributed by atoms with Gasteiger partial charge in [0.1, 0.15) is 11.5 Å². The molecule has 2 aliphatic rings. The molecular formula is C30H32N2O4. The van der Waals surface area contributed by atoms with Crippen LogP contribution in [0.5, 0.6) is 11.5 Å². The molecule has 5 rings (SSSR count). The van der Waals surface area contributed by atoms with Crippen LogP contribution in [0.3, 0.4) is 0 Å². The number of aryl methyl sites for hydroxylation is 1. The molecule has 36 heavy (non-hydrogen) atoms. The van der Waals surface area contributed by atoms with Crippen molar-refractivity contribution >= 4 is 17.5 Å². The van der Waals surface area contributed by atoms with Crippen LogP contribution in [0.1, 0.15) is 54.5 Å². The summed E-state index contributed by atoms with van der Waals surface area (Å²) >= 11 is 0. The van der Waals surface area contributed by atoms with Crippen LogP contribution in [-0.4, -0.2) is 29.9 Å². The van der Waals surface area contributed by atoms with E-state index in [1.54, 1.807) is 7.11 Å². The van der Waals surface area contributed by atoms with Crippen molar-refractivity contribution in [2.45, 2.75) is 57.7 Å². The molecule has 2 amide bonds. The summed E-state index contributed by atoms with van der Waals surface area (Å²) in [6.07, 6.45) is 3.35. The molecule has 6 heteroatoms. The Morgan fingerprint density at radius 3 is 2.78 bits per heavy atom. The number of methoxy groups -OCH3 is 1. The summed E-state index contributed by atoms with van der Waals surface area (Å²) in [6.45, 7) is 2.43. The predicted molar refractivity (Wildman–Crippen MR) is 139 cm³/mol.